The van der Waals surface area contributed by atoms with Crippen LogP contribution in [-0.4, -0.2) is 22.6 Å². The van der Waals surface area contributed by atoms with Gasteiger partial charge in [-0.15, -0.1) is 11.6 Å². The van der Waals surface area contributed by atoms with E-state index in [2.05, 4.69) is 0 Å². The van der Waals surface area contributed by atoms with Crippen molar-refractivity contribution in [3.8, 4) is 0 Å². The molecular formula is C9H9ClO3. The number of hydrogen-bond donors (Lipinski definition) is 1. The fourth-order valence-corrected chi connectivity index (χ4v) is 1.49. The molecule has 0 saturated carbocycles. The number of halogens is 1. The van der Waals surface area contributed by atoms with Crippen LogP contribution in [0.25, 0.3) is 0 Å². The number of carbonyl (C=O) groups excluding carboxylic acids is 2. The molecule has 4 heteroatoms. The summed E-state index contributed by atoms with van der Waals surface area (Å²) in [5, 5.41) is 9.43. The molecule has 1 aliphatic rings. The third-order valence-corrected chi connectivity index (χ3v) is 2.38. The van der Waals surface area contributed by atoms with Crippen LogP contribution in [0.15, 0.2) is 22.5 Å². The molecule has 0 fully saturated rings. The standard InChI is InChI=1S/C9H9ClO3/c1-4-6(3-10)9(13)8(12)5(2)7(4)11/h11H,3H2,1-2H3. The summed E-state index contributed by atoms with van der Waals surface area (Å²) < 4.78 is 0. The smallest absolute Gasteiger partial charge is 0.232 e. The van der Waals surface area contributed by atoms with Gasteiger partial charge in [-0.2, -0.15) is 0 Å². The van der Waals surface area contributed by atoms with Gasteiger partial charge < -0.3 is 5.11 Å². The van der Waals surface area contributed by atoms with Gasteiger partial charge in [0.15, 0.2) is 0 Å². The van der Waals surface area contributed by atoms with E-state index in [9.17, 15) is 14.7 Å². The van der Waals surface area contributed by atoms with Crippen molar-refractivity contribution in [1.82, 2.24) is 0 Å². The highest BCUT2D eigenvalue weighted by atomic mass is 35.5. The van der Waals surface area contributed by atoms with Gasteiger partial charge in [0.25, 0.3) is 0 Å². The number of rotatable bonds is 1. The molecule has 0 aromatic rings. The molecule has 0 saturated heterocycles. The molecule has 0 spiro atoms. The Labute approximate surface area is 80.7 Å². The summed E-state index contributed by atoms with van der Waals surface area (Å²) in [7, 11) is 0. The van der Waals surface area contributed by atoms with Crippen molar-refractivity contribution in [2.24, 2.45) is 0 Å². The van der Waals surface area contributed by atoms with Crippen LogP contribution in [0.3, 0.4) is 0 Å². The molecule has 0 aliphatic heterocycles. The molecule has 0 aromatic carbocycles. The minimum absolute atomic E-state index is 0.0479. The van der Waals surface area contributed by atoms with Crippen LogP contribution < -0.4 is 0 Å². The number of carbonyl (C=O) groups is 2. The highest BCUT2D eigenvalue weighted by Crippen LogP contribution is 2.24. The Hall–Kier alpha value is -1.09. The Morgan fingerprint density at radius 2 is 1.69 bits per heavy atom. The van der Waals surface area contributed by atoms with E-state index in [-0.39, 0.29) is 22.8 Å². The van der Waals surface area contributed by atoms with E-state index < -0.39 is 11.6 Å². The third-order valence-electron chi connectivity index (χ3n) is 2.12. The van der Waals surface area contributed by atoms with E-state index in [0.717, 1.165) is 0 Å². The summed E-state index contributed by atoms with van der Waals surface area (Å²) in [5.41, 5.74) is 0.684. The van der Waals surface area contributed by atoms with Gasteiger partial charge in [0.2, 0.25) is 11.6 Å². The predicted molar refractivity (Wildman–Crippen MR) is 48.8 cm³/mol. The highest BCUT2D eigenvalue weighted by molar-refractivity contribution is 6.51. The molecule has 3 nitrogen and oxygen atoms in total. The number of aliphatic hydroxyl groups is 1. The molecule has 1 N–H and O–H groups in total. The molecule has 0 bridgehead atoms. The van der Waals surface area contributed by atoms with Crippen molar-refractivity contribution < 1.29 is 14.7 Å². The van der Waals surface area contributed by atoms with Crippen LogP contribution in [0, 0.1) is 0 Å². The topological polar surface area (TPSA) is 54.4 Å². The van der Waals surface area contributed by atoms with Crippen molar-refractivity contribution in [2.75, 3.05) is 5.88 Å². The van der Waals surface area contributed by atoms with Crippen LogP contribution in [0.4, 0.5) is 0 Å². The normalized spacial score (nSPS) is 18.7. The van der Waals surface area contributed by atoms with Gasteiger partial charge in [0.05, 0.1) is 5.88 Å². The summed E-state index contributed by atoms with van der Waals surface area (Å²) in [6.45, 7) is 2.99. The number of allylic oxidation sites excluding steroid dienone is 3. The van der Waals surface area contributed by atoms with E-state index in [4.69, 9.17) is 11.6 Å². The number of ketones is 2. The second-order valence-electron chi connectivity index (χ2n) is 2.87. The van der Waals surface area contributed by atoms with E-state index in [1.54, 1.807) is 6.92 Å². The first-order chi connectivity index (χ1) is 6.00. The molecule has 1 aliphatic carbocycles. The zero-order valence-electron chi connectivity index (χ0n) is 7.35. The van der Waals surface area contributed by atoms with Crippen LogP contribution in [0.2, 0.25) is 0 Å². The summed E-state index contributed by atoms with van der Waals surface area (Å²) >= 11 is 5.48. The lowest BCUT2D eigenvalue weighted by molar-refractivity contribution is -0.132. The molecular weight excluding hydrogens is 192 g/mol. The van der Waals surface area contributed by atoms with Gasteiger partial charge in [-0.3, -0.25) is 9.59 Å². The van der Waals surface area contributed by atoms with Gasteiger partial charge in [0.1, 0.15) is 5.76 Å². The first kappa shape index (κ1) is 9.99. The number of alkyl halides is 1. The molecule has 13 heavy (non-hydrogen) atoms. The van der Waals surface area contributed by atoms with Crippen molar-refractivity contribution >= 4 is 23.2 Å². The molecule has 0 amide bonds. The zero-order valence-corrected chi connectivity index (χ0v) is 8.10. The quantitative estimate of drug-likeness (QED) is 0.397. The summed E-state index contributed by atoms with van der Waals surface area (Å²) in [6.07, 6.45) is 0. The number of aliphatic hydroxyl groups excluding tert-OH is 1. The summed E-state index contributed by atoms with van der Waals surface area (Å²) in [4.78, 5) is 22.5. The average molecular weight is 201 g/mol. The largest absolute Gasteiger partial charge is 0.507 e. The second kappa shape index (κ2) is 3.34. The Kier molecular flexibility index (Phi) is 2.57. The molecule has 0 atom stereocenters. The van der Waals surface area contributed by atoms with Gasteiger partial charge in [-0.25, -0.2) is 0 Å². The number of hydrogen-bond acceptors (Lipinski definition) is 3. The van der Waals surface area contributed by atoms with E-state index >= 15 is 0 Å². The maximum atomic E-state index is 11.3. The van der Waals surface area contributed by atoms with Gasteiger partial charge in [-0.05, 0) is 19.4 Å². The monoisotopic (exact) mass is 200 g/mol. The van der Waals surface area contributed by atoms with Crippen LogP contribution >= 0.6 is 11.6 Å². The lowest BCUT2D eigenvalue weighted by Crippen LogP contribution is -2.25. The fourth-order valence-electron chi connectivity index (χ4n) is 1.17. The van der Waals surface area contributed by atoms with Gasteiger partial charge in [0, 0.05) is 11.1 Å². The molecule has 70 valence electrons. The SMILES string of the molecule is CC1=C(O)C(C)=C(CCl)C(=O)C1=O. The Bertz CT molecular complexity index is 350. The summed E-state index contributed by atoms with van der Waals surface area (Å²) in [5.74, 6) is -1.45. The molecule has 0 aromatic heterocycles. The summed E-state index contributed by atoms with van der Waals surface area (Å²) in [6, 6.07) is 0. The van der Waals surface area contributed by atoms with E-state index in [1.807, 2.05) is 0 Å². The van der Waals surface area contributed by atoms with Crippen molar-refractivity contribution in [3.63, 3.8) is 0 Å². The minimum atomic E-state index is -0.668. The van der Waals surface area contributed by atoms with Crippen LogP contribution in [0.5, 0.6) is 0 Å². The lowest BCUT2D eigenvalue weighted by atomic mass is 9.91. The first-order valence-electron chi connectivity index (χ1n) is 3.75. The average Bonchev–Trinajstić information content (AvgIpc) is 2.13. The van der Waals surface area contributed by atoms with E-state index in [0.29, 0.717) is 5.57 Å². The zero-order chi connectivity index (χ0) is 10.2. The molecule has 1 rings (SSSR count). The van der Waals surface area contributed by atoms with Crippen molar-refractivity contribution in [2.45, 2.75) is 13.8 Å². The second-order valence-corrected chi connectivity index (χ2v) is 3.14. The molecule has 0 unspecified atom stereocenters. The predicted octanol–water partition coefficient (Wildman–Crippen LogP) is 1.53. The Morgan fingerprint density at radius 3 is 2.15 bits per heavy atom. The van der Waals surface area contributed by atoms with Gasteiger partial charge in [-0.1, -0.05) is 0 Å². The third kappa shape index (κ3) is 1.40. The Morgan fingerprint density at radius 1 is 1.15 bits per heavy atom. The maximum absolute atomic E-state index is 11.3. The van der Waals surface area contributed by atoms with Crippen molar-refractivity contribution in [3.05, 3.63) is 22.5 Å². The van der Waals surface area contributed by atoms with Crippen LogP contribution in [-0.2, 0) is 9.59 Å². The van der Waals surface area contributed by atoms with Gasteiger partial charge >= 0.3 is 0 Å². The van der Waals surface area contributed by atoms with Crippen molar-refractivity contribution in [1.29, 1.82) is 0 Å². The fraction of sp³-hybridized carbons (Fsp3) is 0.333. The molecule has 0 heterocycles. The van der Waals surface area contributed by atoms with E-state index in [1.165, 1.54) is 6.92 Å². The highest BCUT2D eigenvalue weighted by Gasteiger charge is 2.29. The lowest BCUT2D eigenvalue weighted by Gasteiger charge is -2.15. The minimum Gasteiger partial charge on any atom is -0.507 e. The number of Topliss-reactive ketones (excluding diaryl/α,β-unsaturated/α-hetero) is 2. The molecule has 0 radical (unpaired) electrons. The maximum Gasteiger partial charge on any atom is 0.232 e. The Balaban J connectivity index is 3.35. The van der Waals surface area contributed by atoms with Crippen LogP contribution in [0.1, 0.15) is 13.8 Å². The first-order valence-corrected chi connectivity index (χ1v) is 4.29.